The van der Waals surface area contributed by atoms with Crippen LogP contribution in [0.3, 0.4) is 0 Å². The largest absolute Gasteiger partial charge is 0.382 e. The molecule has 2 rings (SSSR count). The van der Waals surface area contributed by atoms with E-state index >= 15 is 0 Å². The van der Waals surface area contributed by atoms with Crippen LogP contribution in [0.5, 0.6) is 0 Å². The van der Waals surface area contributed by atoms with Gasteiger partial charge in [-0.2, -0.15) is 0 Å². The summed E-state index contributed by atoms with van der Waals surface area (Å²) in [6.45, 7) is 4.87. The maximum absolute atomic E-state index is 11.9. The maximum Gasteiger partial charge on any atom is 0.196 e. The number of carbonyl (C=O) groups is 2. The molecule has 120 valence electrons. The molecule has 2 N–H and O–H groups in total. The molecular formula is C15H24O6. The molecule has 2 fully saturated rings. The normalized spacial score (nSPS) is 46.8. The lowest BCUT2D eigenvalue weighted by Gasteiger charge is -2.49. The van der Waals surface area contributed by atoms with Crippen molar-refractivity contribution >= 4 is 12.6 Å². The summed E-state index contributed by atoms with van der Waals surface area (Å²) in [5.41, 5.74) is -3.10. The zero-order valence-corrected chi connectivity index (χ0v) is 12.7. The van der Waals surface area contributed by atoms with Crippen molar-refractivity contribution in [1.82, 2.24) is 0 Å². The lowest BCUT2D eigenvalue weighted by atomic mass is 9.59. The minimum Gasteiger partial charge on any atom is -0.382 e. The van der Waals surface area contributed by atoms with Crippen LogP contribution in [0.2, 0.25) is 0 Å². The Kier molecular flexibility index (Phi) is 4.28. The van der Waals surface area contributed by atoms with Gasteiger partial charge in [0, 0.05) is 18.3 Å². The molecule has 1 aliphatic heterocycles. The van der Waals surface area contributed by atoms with Gasteiger partial charge in [0.2, 0.25) is 0 Å². The molecule has 21 heavy (non-hydrogen) atoms. The minimum absolute atomic E-state index is 0.173. The molecule has 1 saturated heterocycles. The summed E-state index contributed by atoms with van der Waals surface area (Å²) in [5.74, 6) is -2.22. The van der Waals surface area contributed by atoms with Crippen molar-refractivity contribution in [1.29, 1.82) is 0 Å². The van der Waals surface area contributed by atoms with Crippen molar-refractivity contribution < 1.29 is 29.6 Å². The van der Waals surface area contributed by atoms with Gasteiger partial charge in [-0.15, -0.1) is 0 Å². The van der Waals surface area contributed by atoms with E-state index in [1.54, 1.807) is 0 Å². The molecule has 6 nitrogen and oxygen atoms in total. The summed E-state index contributed by atoms with van der Waals surface area (Å²) in [7, 11) is 0. The first kappa shape index (κ1) is 16.5. The molecule has 0 aromatic rings. The fourth-order valence-electron chi connectivity index (χ4n) is 3.84. The quantitative estimate of drug-likeness (QED) is 0.596. The van der Waals surface area contributed by atoms with Crippen molar-refractivity contribution in [3.8, 4) is 0 Å². The summed E-state index contributed by atoms with van der Waals surface area (Å²) < 4.78 is 0. The predicted octanol–water partition coefficient (Wildman–Crippen LogP) is 0.987. The van der Waals surface area contributed by atoms with Gasteiger partial charge in [0.05, 0.1) is 0 Å². The molecule has 0 bridgehead atoms. The summed E-state index contributed by atoms with van der Waals surface area (Å²) >= 11 is 0. The zero-order chi connectivity index (χ0) is 15.9. The molecule has 0 amide bonds. The second-order valence-electron chi connectivity index (χ2n) is 6.91. The molecule has 0 radical (unpaired) electrons. The maximum atomic E-state index is 11.9. The summed E-state index contributed by atoms with van der Waals surface area (Å²) in [4.78, 5) is 33.6. The van der Waals surface area contributed by atoms with Gasteiger partial charge in [0.25, 0.3) is 0 Å². The van der Waals surface area contributed by atoms with Crippen LogP contribution in [0.15, 0.2) is 0 Å². The average Bonchev–Trinajstić information content (AvgIpc) is 2.57. The van der Waals surface area contributed by atoms with Gasteiger partial charge >= 0.3 is 0 Å². The molecular weight excluding hydrogens is 276 g/mol. The third-order valence-corrected chi connectivity index (χ3v) is 5.13. The number of hydrogen-bond acceptors (Lipinski definition) is 6. The SMILES string of the molecule is C[C@@H]1CCC([C@@](C)(O)C=O)[C@]2(C=O)OO[C@](C)(O)CCC12. The minimum atomic E-state index is -1.68. The predicted molar refractivity (Wildman–Crippen MR) is 72.9 cm³/mol. The third kappa shape index (κ3) is 2.77. The van der Waals surface area contributed by atoms with Gasteiger partial charge in [0.15, 0.2) is 24.0 Å². The van der Waals surface area contributed by atoms with Crippen LogP contribution in [0.1, 0.15) is 46.5 Å². The molecule has 0 aromatic heterocycles. The van der Waals surface area contributed by atoms with Gasteiger partial charge in [-0.1, -0.05) is 6.92 Å². The van der Waals surface area contributed by atoms with Gasteiger partial charge in [0.1, 0.15) is 5.60 Å². The van der Waals surface area contributed by atoms with Gasteiger partial charge in [-0.05, 0) is 39.0 Å². The van der Waals surface area contributed by atoms with E-state index in [-0.39, 0.29) is 11.8 Å². The van der Waals surface area contributed by atoms with E-state index in [0.29, 0.717) is 31.8 Å². The van der Waals surface area contributed by atoms with Crippen LogP contribution in [-0.2, 0) is 19.4 Å². The standard InChI is InChI=1S/C15H24O6/c1-10-4-5-12(13(2,18)8-16)15(9-17)11(10)6-7-14(3,19)20-21-15/h8-12,18-19H,4-7H2,1-3H3/t10-,11?,12?,13+,14+,15-/m1/s1. The topological polar surface area (TPSA) is 93.1 Å². The smallest absolute Gasteiger partial charge is 0.196 e. The van der Waals surface area contributed by atoms with Crippen molar-refractivity contribution in [3.05, 3.63) is 0 Å². The molecule has 1 heterocycles. The Balaban J connectivity index is 2.46. The first-order chi connectivity index (χ1) is 9.68. The van der Waals surface area contributed by atoms with E-state index in [4.69, 9.17) is 9.78 Å². The number of carbonyl (C=O) groups excluding carboxylic acids is 2. The van der Waals surface area contributed by atoms with Crippen LogP contribution in [0.25, 0.3) is 0 Å². The van der Waals surface area contributed by atoms with E-state index in [1.807, 2.05) is 6.92 Å². The fraction of sp³-hybridized carbons (Fsp3) is 0.867. The lowest BCUT2D eigenvalue weighted by molar-refractivity contribution is -0.454. The monoisotopic (exact) mass is 300 g/mol. The lowest BCUT2D eigenvalue weighted by Crippen LogP contribution is -2.61. The third-order valence-electron chi connectivity index (χ3n) is 5.13. The van der Waals surface area contributed by atoms with E-state index in [2.05, 4.69) is 0 Å². The van der Waals surface area contributed by atoms with Crippen molar-refractivity contribution in [3.63, 3.8) is 0 Å². The van der Waals surface area contributed by atoms with Gasteiger partial charge in [-0.25, -0.2) is 9.78 Å². The summed E-state index contributed by atoms with van der Waals surface area (Å²) in [5, 5.41) is 20.4. The van der Waals surface area contributed by atoms with Crippen molar-refractivity contribution in [2.75, 3.05) is 0 Å². The van der Waals surface area contributed by atoms with Crippen LogP contribution in [0.4, 0.5) is 0 Å². The van der Waals surface area contributed by atoms with Crippen LogP contribution < -0.4 is 0 Å². The molecule has 6 atom stereocenters. The highest BCUT2D eigenvalue weighted by Crippen LogP contribution is 2.51. The van der Waals surface area contributed by atoms with Crippen molar-refractivity contribution in [2.24, 2.45) is 17.8 Å². The second kappa shape index (κ2) is 5.43. The first-order valence-electron chi connectivity index (χ1n) is 7.43. The molecule has 2 unspecified atom stereocenters. The molecule has 1 aliphatic carbocycles. The second-order valence-corrected chi connectivity index (χ2v) is 6.91. The first-order valence-corrected chi connectivity index (χ1v) is 7.43. The van der Waals surface area contributed by atoms with Crippen LogP contribution >= 0.6 is 0 Å². The number of fused-ring (bicyclic) bond motifs is 1. The van der Waals surface area contributed by atoms with E-state index in [0.717, 1.165) is 6.42 Å². The Bertz CT molecular complexity index is 418. The Hall–Kier alpha value is -0.820. The van der Waals surface area contributed by atoms with E-state index < -0.39 is 22.9 Å². The zero-order valence-electron chi connectivity index (χ0n) is 12.7. The number of aliphatic hydroxyl groups is 2. The highest BCUT2D eigenvalue weighted by Gasteiger charge is 2.60. The highest BCUT2D eigenvalue weighted by molar-refractivity contribution is 5.70. The number of rotatable bonds is 3. The van der Waals surface area contributed by atoms with E-state index in [1.165, 1.54) is 13.8 Å². The van der Waals surface area contributed by atoms with Crippen LogP contribution in [-0.4, -0.2) is 39.8 Å². The van der Waals surface area contributed by atoms with Gasteiger partial charge < -0.3 is 15.0 Å². The fourth-order valence-corrected chi connectivity index (χ4v) is 3.84. The molecule has 0 spiro atoms. The van der Waals surface area contributed by atoms with Gasteiger partial charge in [-0.3, -0.25) is 4.79 Å². The Morgan fingerprint density at radius 3 is 2.48 bits per heavy atom. The number of aldehydes is 2. The average molecular weight is 300 g/mol. The number of hydrogen-bond donors (Lipinski definition) is 2. The summed E-state index contributed by atoms with van der Waals surface area (Å²) in [6.07, 6.45) is 3.19. The highest BCUT2D eigenvalue weighted by atomic mass is 17.2. The van der Waals surface area contributed by atoms with Crippen molar-refractivity contribution in [2.45, 2.75) is 63.4 Å². The molecule has 1 saturated carbocycles. The van der Waals surface area contributed by atoms with E-state index in [9.17, 15) is 19.8 Å². The molecule has 6 heteroatoms. The Morgan fingerprint density at radius 1 is 1.24 bits per heavy atom. The summed E-state index contributed by atoms with van der Waals surface area (Å²) in [6, 6.07) is 0. The Labute approximate surface area is 124 Å². The molecule has 0 aromatic carbocycles. The molecule has 2 aliphatic rings. The van der Waals surface area contributed by atoms with Crippen LogP contribution in [0, 0.1) is 17.8 Å². The Morgan fingerprint density at radius 2 is 1.90 bits per heavy atom.